The number of hydrogen-bond donors (Lipinski definition) is 0. The van der Waals surface area contributed by atoms with Gasteiger partial charge in [0.15, 0.2) is 0 Å². The van der Waals surface area contributed by atoms with Crippen molar-refractivity contribution in [2.45, 2.75) is 6.54 Å². The van der Waals surface area contributed by atoms with E-state index in [1.54, 1.807) is 7.11 Å². The van der Waals surface area contributed by atoms with Gasteiger partial charge in [-0.05, 0) is 35.9 Å². The molecule has 2 aromatic carbocycles. The monoisotopic (exact) mass is 270 g/mol. The topological polar surface area (TPSA) is 36.3 Å². The Hall–Kier alpha value is -2.54. The van der Waals surface area contributed by atoms with Crippen LogP contribution in [0.5, 0.6) is 5.75 Å². The van der Waals surface area contributed by atoms with E-state index in [4.69, 9.17) is 10.00 Å². The van der Waals surface area contributed by atoms with Gasteiger partial charge >= 0.3 is 0 Å². The highest BCUT2D eigenvalue weighted by atomic mass is 19.1. The molecule has 0 saturated heterocycles. The molecule has 2 aromatic rings. The van der Waals surface area contributed by atoms with Crippen LogP contribution in [-0.4, -0.2) is 14.2 Å². The Balaban J connectivity index is 2.30. The van der Waals surface area contributed by atoms with Crippen molar-refractivity contribution in [3.05, 3.63) is 59.4 Å². The fraction of sp³-hybridized carbons (Fsp3) is 0.188. The van der Waals surface area contributed by atoms with Crippen LogP contribution in [0.3, 0.4) is 0 Å². The molecule has 0 aromatic heterocycles. The van der Waals surface area contributed by atoms with Crippen LogP contribution in [0.2, 0.25) is 0 Å². The van der Waals surface area contributed by atoms with Gasteiger partial charge in [0, 0.05) is 13.6 Å². The summed E-state index contributed by atoms with van der Waals surface area (Å²) >= 11 is 0. The summed E-state index contributed by atoms with van der Waals surface area (Å²) < 4.78 is 18.6. The number of benzene rings is 2. The van der Waals surface area contributed by atoms with Gasteiger partial charge in [-0.25, -0.2) is 4.39 Å². The maximum atomic E-state index is 13.3. The lowest BCUT2D eigenvalue weighted by Gasteiger charge is -2.22. The first-order chi connectivity index (χ1) is 9.65. The number of para-hydroxylation sites is 2. The summed E-state index contributed by atoms with van der Waals surface area (Å²) in [6, 6.07) is 13.9. The Kier molecular flexibility index (Phi) is 4.21. The van der Waals surface area contributed by atoms with E-state index in [9.17, 15) is 4.39 Å². The van der Waals surface area contributed by atoms with Gasteiger partial charge in [0.2, 0.25) is 0 Å². The number of ether oxygens (including phenoxy) is 1. The molecule has 0 bridgehead atoms. The second-order valence-corrected chi connectivity index (χ2v) is 4.44. The van der Waals surface area contributed by atoms with Crippen LogP contribution in [0.25, 0.3) is 0 Å². The van der Waals surface area contributed by atoms with Crippen LogP contribution in [0.15, 0.2) is 42.5 Å². The summed E-state index contributed by atoms with van der Waals surface area (Å²) in [6.07, 6.45) is 0. The lowest BCUT2D eigenvalue weighted by molar-refractivity contribution is 0.415. The van der Waals surface area contributed by atoms with Crippen LogP contribution in [-0.2, 0) is 6.54 Å². The fourth-order valence-electron chi connectivity index (χ4n) is 2.09. The molecule has 0 spiro atoms. The van der Waals surface area contributed by atoms with Crippen LogP contribution in [0, 0.1) is 17.1 Å². The summed E-state index contributed by atoms with van der Waals surface area (Å²) in [5, 5.41) is 9.08. The Labute approximate surface area is 117 Å². The molecule has 3 nitrogen and oxygen atoms in total. The van der Waals surface area contributed by atoms with Gasteiger partial charge in [-0.15, -0.1) is 0 Å². The van der Waals surface area contributed by atoms with E-state index in [0.717, 1.165) is 11.4 Å². The molecule has 0 fully saturated rings. The Morgan fingerprint density at radius 2 is 2.00 bits per heavy atom. The Bertz CT molecular complexity index is 649. The number of methoxy groups -OCH3 is 1. The highest BCUT2D eigenvalue weighted by molar-refractivity contribution is 5.58. The molecule has 0 saturated carbocycles. The van der Waals surface area contributed by atoms with Crippen molar-refractivity contribution in [3.63, 3.8) is 0 Å². The second-order valence-electron chi connectivity index (χ2n) is 4.44. The molecule has 4 heteroatoms. The highest BCUT2D eigenvalue weighted by Gasteiger charge is 2.11. The lowest BCUT2D eigenvalue weighted by Crippen LogP contribution is -2.18. The van der Waals surface area contributed by atoms with E-state index in [2.05, 4.69) is 6.07 Å². The van der Waals surface area contributed by atoms with Gasteiger partial charge in [0.1, 0.15) is 11.6 Å². The quantitative estimate of drug-likeness (QED) is 0.855. The predicted octanol–water partition coefficient (Wildman–Crippen LogP) is 3.34. The molecule has 0 unspecified atom stereocenters. The summed E-state index contributed by atoms with van der Waals surface area (Å²) in [6.45, 7) is 0.432. The van der Waals surface area contributed by atoms with Gasteiger partial charge in [-0.2, -0.15) is 5.26 Å². The van der Waals surface area contributed by atoms with Crippen molar-refractivity contribution < 1.29 is 9.13 Å². The average Bonchev–Trinajstić information content (AvgIpc) is 2.47. The van der Waals surface area contributed by atoms with Crippen molar-refractivity contribution >= 4 is 5.69 Å². The number of halogens is 1. The molecule has 0 heterocycles. The standard InChI is InChI=1S/C16H15FN2O/c1-19(15-5-3-4-6-16(15)20-2)11-13-9-14(17)8-7-12(13)10-18/h3-9H,11H2,1-2H3. The van der Waals surface area contributed by atoms with Crippen LogP contribution < -0.4 is 9.64 Å². The third-order valence-corrected chi connectivity index (χ3v) is 3.09. The minimum Gasteiger partial charge on any atom is -0.495 e. The van der Waals surface area contributed by atoms with E-state index >= 15 is 0 Å². The molecule has 0 amide bonds. The number of nitriles is 1. The van der Waals surface area contributed by atoms with Crippen molar-refractivity contribution in [3.8, 4) is 11.8 Å². The zero-order valence-electron chi connectivity index (χ0n) is 11.4. The maximum absolute atomic E-state index is 13.3. The molecule has 2 rings (SSSR count). The zero-order chi connectivity index (χ0) is 14.5. The lowest BCUT2D eigenvalue weighted by atomic mass is 10.1. The molecule has 0 atom stereocenters. The summed E-state index contributed by atoms with van der Waals surface area (Å²) in [5.74, 6) is 0.400. The minimum absolute atomic E-state index is 0.340. The minimum atomic E-state index is -0.340. The van der Waals surface area contributed by atoms with Gasteiger partial charge in [0.25, 0.3) is 0 Å². The van der Waals surface area contributed by atoms with Crippen molar-refractivity contribution in [1.82, 2.24) is 0 Å². The van der Waals surface area contributed by atoms with E-state index in [-0.39, 0.29) is 5.82 Å². The first-order valence-corrected chi connectivity index (χ1v) is 6.18. The molecule has 20 heavy (non-hydrogen) atoms. The first kappa shape index (κ1) is 13.9. The van der Waals surface area contributed by atoms with Crippen molar-refractivity contribution in [2.75, 3.05) is 19.1 Å². The largest absolute Gasteiger partial charge is 0.495 e. The Morgan fingerprint density at radius 1 is 1.25 bits per heavy atom. The van der Waals surface area contributed by atoms with Gasteiger partial charge in [0.05, 0.1) is 24.4 Å². The smallest absolute Gasteiger partial charge is 0.142 e. The molecule has 0 N–H and O–H groups in total. The first-order valence-electron chi connectivity index (χ1n) is 6.18. The zero-order valence-corrected chi connectivity index (χ0v) is 11.4. The van der Waals surface area contributed by atoms with Crippen molar-refractivity contribution in [2.24, 2.45) is 0 Å². The molecular formula is C16H15FN2O. The van der Waals surface area contributed by atoms with Gasteiger partial charge < -0.3 is 9.64 Å². The second kappa shape index (κ2) is 6.07. The fourth-order valence-corrected chi connectivity index (χ4v) is 2.09. The normalized spacial score (nSPS) is 9.90. The maximum Gasteiger partial charge on any atom is 0.142 e. The summed E-state index contributed by atoms with van der Waals surface area (Å²) in [4.78, 5) is 1.93. The van der Waals surface area contributed by atoms with E-state index < -0.39 is 0 Å². The number of hydrogen-bond acceptors (Lipinski definition) is 3. The average molecular weight is 270 g/mol. The Morgan fingerprint density at radius 3 is 2.70 bits per heavy atom. The SMILES string of the molecule is COc1ccccc1N(C)Cc1cc(F)ccc1C#N. The summed E-state index contributed by atoms with van der Waals surface area (Å²) in [7, 11) is 3.49. The van der Waals surface area contributed by atoms with Gasteiger partial charge in [-0.1, -0.05) is 12.1 Å². The number of nitrogens with zero attached hydrogens (tertiary/aromatic N) is 2. The predicted molar refractivity (Wildman–Crippen MR) is 76.2 cm³/mol. The number of rotatable bonds is 4. The molecular weight excluding hydrogens is 255 g/mol. The van der Waals surface area contributed by atoms with Gasteiger partial charge in [-0.3, -0.25) is 0 Å². The van der Waals surface area contributed by atoms with E-state index in [1.165, 1.54) is 18.2 Å². The molecule has 0 aliphatic heterocycles. The van der Waals surface area contributed by atoms with E-state index in [1.807, 2.05) is 36.2 Å². The van der Waals surface area contributed by atoms with Crippen molar-refractivity contribution in [1.29, 1.82) is 5.26 Å². The number of anilines is 1. The molecule has 0 radical (unpaired) electrons. The third-order valence-electron chi connectivity index (χ3n) is 3.09. The van der Waals surface area contributed by atoms with E-state index in [0.29, 0.717) is 17.7 Å². The highest BCUT2D eigenvalue weighted by Crippen LogP contribution is 2.28. The summed E-state index contributed by atoms with van der Waals surface area (Å²) in [5.41, 5.74) is 2.03. The molecule has 102 valence electrons. The molecule has 0 aliphatic rings. The van der Waals surface area contributed by atoms with Crippen LogP contribution in [0.1, 0.15) is 11.1 Å². The van der Waals surface area contributed by atoms with Crippen LogP contribution in [0.4, 0.5) is 10.1 Å². The van der Waals surface area contributed by atoms with Crippen LogP contribution >= 0.6 is 0 Å². The third kappa shape index (κ3) is 2.89. The molecule has 0 aliphatic carbocycles.